The summed E-state index contributed by atoms with van der Waals surface area (Å²) in [4.78, 5) is 11.5. The summed E-state index contributed by atoms with van der Waals surface area (Å²) in [5.74, 6) is 1.76. The van der Waals surface area contributed by atoms with Gasteiger partial charge < -0.3 is 10.1 Å². The number of hydrogen-bond acceptors (Lipinski definition) is 6. The van der Waals surface area contributed by atoms with Crippen LogP contribution in [0.3, 0.4) is 0 Å². The zero-order valence-electron chi connectivity index (χ0n) is 13.7. The minimum absolute atomic E-state index is 0.305. The van der Waals surface area contributed by atoms with Gasteiger partial charge >= 0.3 is 0 Å². The second-order valence-electron chi connectivity index (χ2n) is 6.55. The molecule has 0 atom stereocenters. The number of halogens is 1. The van der Waals surface area contributed by atoms with Crippen molar-refractivity contribution in [3.63, 3.8) is 0 Å². The van der Waals surface area contributed by atoms with Crippen LogP contribution in [0.1, 0.15) is 31.5 Å². The van der Waals surface area contributed by atoms with Gasteiger partial charge in [-0.15, -0.1) is 11.6 Å². The third-order valence-corrected chi connectivity index (χ3v) is 5.30. The molecule has 1 saturated carbocycles. The van der Waals surface area contributed by atoms with Gasteiger partial charge in [0.1, 0.15) is 16.9 Å². The molecular formula is C16H23ClN6O. The van der Waals surface area contributed by atoms with E-state index in [0.29, 0.717) is 23.8 Å². The van der Waals surface area contributed by atoms with E-state index in [-0.39, 0.29) is 0 Å². The number of hydrogen-bond donors (Lipinski definition) is 2. The number of anilines is 1. The van der Waals surface area contributed by atoms with Gasteiger partial charge in [-0.05, 0) is 25.7 Å². The quantitative estimate of drug-likeness (QED) is 0.822. The van der Waals surface area contributed by atoms with Crippen molar-refractivity contribution in [1.29, 1.82) is 0 Å². The molecule has 1 saturated heterocycles. The number of H-pyrrole nitrogens is 1. The molecule has 0 amide bonds. The van der Waals surface area contributed by atoms with E-state index in [1.807, 2.05) is 0 Å². The molecule has 130 valence electrons. The number of fused-ring (bicyclic) bond motifs is 1. The van der Waals surface area contributed by atoms with Gasteiger partial charge in [0.05, 0.1) is 25.3 Å². The molecule has 24 heavy (non-hydrogen) atoms. The lowest BCUT2D eigenvalue weighted by atomic mass is 9.90. The van der Waals surface area contributed by atoms with Crippen LogP contribution in [-0.4, -0.2) is 63.5 Å². The second kappa shape index (κ2) is 7.21. The molecule has 0 unspecified atom stereocenters. The standard InChI is InChI=1S/C16H23ClN6O/c17-9-14-20-13-10-18-22-15(13)16(21-14)19-11-1-3-12(4-2-11)23-5-7-24-8-6-23/h10-12H,1-9H2,(H,18,22)(H,19,20,21). The maximum atomic E-state index is 5.92. The molecule has 1 aliphatic heterocycles. The fourth-order valence-corrected chi connectivity index (χ4v) is 3.89. The fraction of sp³-hybridized carbons (Fsp3) is 0.688. The third kappa shape index (κ3) is 3.34. The second-order valence-corrected chi connectivity index (χ2v) is 6.82. The van der Waals surface area contributed by atoms with E-state index in [1.165, 1.54) is 12.8 Å². The van der Waals surface area contributed by atoms with E-state index in [9.17, 15) is 0 Å². The van der Waals surface area contributed by atoms with Crippen LogP contribution < -0.4 is 5.32 Å². The molecule has 3 heterocycles. The third-order valence-electron chi connectivity index (χ3n) is 5.07. The Bertz CT molecular complexity index is 678. The highest BCUT2D eigenvalue weighted by molar-refractivity contribution is 6.16. The number of aromatic nitrogens is 4. The molecule has 1 aliphatic carbocycles. The Morgan fingerprint density at radius 1 is 1.21 bits per heavy atom. The smallest absolute Gasteiger partial charge is 0.156 e. The zero-order chi connectivity index (χ0) is 16.4. The lowest BCUT2D eigenvalue weighted by Crippen LogP contribution is -2.46. The fourth-order valence-electron chi connectivity index (χ4n) is 3.77. The number of rotatable bonds is 4. The van der Waals surface area contributed by atoms with Crippen LogP contribution in [0.25, 0.3) is 11.0 Å². The highest BCUT2D eigenvalue weighted by atomic mass is 35.5. The number of morpholine rings is 1. The first-order valence-electron chi connectivity index (χ1n) is 8.68. The van der Waals surface area contributed by atoms with Crippen molar-refractivity contribution in [2.45, 2.75) is 43.6 Å². The van der Waals surface area contributed by atoms with Crippen LogP contribution >= 0.6 is 11.6 Å². The topological polar surface area (TPSA) is 79.0 Å². The van der Waals surface area contributed by atoms with Crippen molar-refractivity contribution in [3.05, 3.63) is 12.0 Å². The normalized spacial score (nSPS) is 25.9. The Kier molecular flexibility index (Phi) is 4.82. The first-order chi connectivity index (χ1) is 11.8. The first-order valence-corrected chi connectivity index (χ1v) is 9.21. The summed E-state index contributed by atoms with van der Waals surface area (Å²) in [6.45, 7) is 3.89. The summed E-state index contributed by atoms with van der Waals surface area (Å²) < 4.78 is 5.46. The Hall–Kier alpha value is -1.44. The van der Waals surface area contributed by atoms with Gasteiger partial charge in [0.25, 0.3) is 0 Å². The number of aromatic amines is 1. The van der Waals surface area contributed by atoms with E-state index in [1.54, 1.807) is 6.20 Å². The van der Waals surface area contributed by atoms with Crippen molar-refractivity contribution in [2.24, 2.45) is 0 Å². The van der Waals surface area contributed by atoms with Crippen LogP contribution in [0, 0.1) is 0 Å². The molecule has 0 bridgehead atoms. The summed E-state index contributed by atoms with van der Waals surface area (Å²) in [7, 11) is 0. The van der Waals surface area contributed by atoms with E-state index >= 15 is 0 Å². The monoisotopic (exact) mass is 350 g/mol. The molecule has 4 rings (SSSR count). The predicted octanol–water partition coefficient (Wildman–Crippen LogP) is 2.15. The molecule has 0 aromatic carbocycles. The van der Waals surface area contributed by atoms with Gasteiger partial charge in [0.15, 0.2) is 5.82 Å². The van der Waals surface area contributed by atoms with Gasteiger partial charge in [-0.1, -0.05) is 0 Å². The van der Waals surface area contributed by atoms with E-state index in [4.69, 9.17) is 16.3 Å². The zero-order valence-corrected chi connectivity index (χ0v) is 14.4. The van der Waals surface area contributed by atoms with Gasteiger partial charge in [0, 0.05) is 25.2 Å². The van der Waals surface area contributed by atoms with Gasteiger partial charge in [-0.25, -0.2) is 9.97 Å². The molecule has 2 N–H and O–H groups in total. The predicted molar refractivity (Wildman–Crippen MR) is 93.3 cm³/mol. The Morgan fingerprint density at radius 2 is 2.00 bits per heavy atom. The Balaban J connectivity index is 1.41. The van der Waals surface area contributed by atoms with E-state index in [0.717, 1.165) is 56.0 Å². The van der Waals surface area contributed by atoms with Crippen LogP contribution in [-0.2, 0) is 10.6 Å². The van der Waals surface area contributed by atoms with Crippen LogP contribution in [0.2, 0.25) is 0 Å². The minimum Gasteiger partial charge on any atom is -0.379 e. The molecule has 2 aromatic heterocycles. The van der Waals surface area contributed by atoms with Crippen molar-refractivity contribution < 1.29 is 4.74 Å². The molecule has 2 aromatic rings. The molecule has 8 heteroatoms. The number of nitrogens with zero attached hydrogens (tertiary/aromatic N) is 4. The van der Waals surface area contributed by atoms with E-state index < -0.39 is 0 Å². The maximum Gasteiger partial charge on any atom is 0.156 e. The minimum atomic E-state index is 0.305. The highest BCUT2D eigenvalue weighted by Gasteiger charge is 2.27. The number of alkyl halides is 1. The Labute approximate surface area is 146 Å². The molecule has 0 spiro atoms. The first kappa shape index (κ1) is 16.1. The molecule has 2 aliphatic rings. The van der Waals surface area contributed by atoms with Crippen molar-refractivity contribution in [2.75, 3.05) is 31.6 Å². The van der Waals surface area contributed by atoms with Crippen molar-refractivity contribution in [3.8, 4) is 0 Å². The molecule has 2 fully saturated rings. The summed E-state index contributed by atoms with van der Waals surface area (Å²) in [5.41, 5.74) is 1.67. The van der Waals surface area contributed by atoms with Crippen molar-refractivity contribution in [1.82, 2.24) is 25.1 Å². The van der Waals surface area contributed by atoms with Gasteiger partial charge in [-0.3, -0.25) is 10.00 Å². The lowest BCUT2D eigenvalue weighted by Gasteiger charge is -2.39. The average Bonchev–Trinajstić information content (AvgIpc) is 3.12. The molecular weight excluding hydrogens is 328 g/mol. The Morgan fingerprint density at radius 3 is 2.75 bits per heavy atom. The van der Waals surface area contributed by atoms with Gasteiger partial charge in [-0.2, -0.15) is 5.10 Å². The SMILES string of the molecule is ClCc1nc(NC2CCC(N3CCOCC3)CC2)c2[nH]ncc2n1. The van der Waals surface area contributed by atoms with Crippen molar-refractivity contribution >= 4 is 28.5 Å². The average molecular weight is 351 g/mol. The molecule has 7 nitrogen and oxygen atoms in total. The van der Waals surface area contributed by atoms with Crippen LogP contribution in [0.15, 0.2) is 6.20 Å². The van der Waals surface area contributed by atoms with Crippen LogP contribution in [0.4, 0.5) is 5.82 Å². The summed E-state index contributed by atoms with van der Waals surface area (Å²) >= 11 is 5.92. The summed E-state index contributed by atoms with van der Waals surface area (Å²) in [6.07, 6.45) is 6.46. The number of nitrogens with one attached hydrogen (secondary N) is 2. The van der Waals surface area contributed by atoms with Gasteiger partial charge in [0.2, 0.25) is 0 Å². The largest absolute Gasteiger partial charge is 0.379 e. The number of ether oxygens (including phenoxy) is 1. The highest BCUT2D eigenvalue weighted by Crippen LogP contribution is 2.27. The molecule has 0 radical (unpaired) electrons. The van der Waals surface area contributed by atoms with E-state index in [2.05, 4.69) is 30.4 Å². The van der Waals surface area contributed by atoms with Crippen LogP contribution in [0.5, 0.6) is 0 Å². The lowest BCUT2D eigenvalue weighted by molar-refractivity contribution is 0.00791. The maximum absolute atomic E-state index is 5.92. The summed E-state index contributed by atoms with van der Waals surface area (Å²) in [6, 6.07) is 1.13. The summed E-state index contributed by atoms with van der Waals surface area (Å²) in [5, 5.41) is 10.6.